The Kier molecular flexibility index (Phi) is 3.81. The SMILES string of the molecule is CC(C)(C)c1cc(CCCO)cc(N)c1O. The Morgan fingerprint density at radius 2 is 1.88 bits per heavy atom. The Morgan fingerprint density at radius 3 is 2.38 bits per heavy atom. The summed E-state index contributed by atoms with van der Waals surface area (Å²) >= 11 is 0. The second kappa shape index (κ2) is 4.74. The molecule has 0 radical (unpaired) electrons. The average molecular weight is 223 g/mol. The average Bonchev–Trinajstić information content (AvgIpc) is 2.17. The fourth-order valence-corrected chi connectivity index (χ4v) is 1.72. The summed E-state index contributed by atoms with van der Waals surface area (Å²) in [6.07, 6.45) is 1.50. The summed E-state index contributed by atoms with van der Waals surface area (Å²) in [4.78, 5) is 0. The van der Waals surface area contributed by atoms with Crippen LogP contribution in [0.15, 0.2) is 12.1 Å². The minimum Gasteiger partial charge on any atom is -0.505 e. The first-order valence-electron chi connectivity index (χ1n) is 5.59. The first-order chi connectivity index (χ1) is 7.36. The molecule has 0 aliphatic rings. The molecule has 3 nitrogen and oxygen atoms in total. The van der Waals surface area contributed by atoms with Gasteiger partial charge in [0.05, 0.1) is 5.69 Å². The number of aliphatic hydroxyl groups excluding tert-OH is 1. The Labute approximate surface area is 96.9 Å². The molecular formula is C13H21NO2. The molecule has 0 fully saturated rings. The monoisotopic (exact) mass is 223 g/mol. The molecule has 0 amide bonds. The third-order valence-electron chi connectivity index (χ3n) is 2.63. The number of aryl methyl sites for hydroxylation is 1. The zero-order valence-corrected chi connectivity index (χ0v) is 10.2. The second-order valence-electron chi connectivity index (χ2n) is 5.16. The van der Waals surface area contributed by atoms with Gasteiger partial charge < -0.3 is 15.9 Å². The topological polar surface area (TPSA) is 66.5 Å². The van der Waals surface area contributed by atoms with Gasteiger partial charge in [0.1, 0.15) is 5.75 Å². The first kappa shape index (κ1) is 12.8. The van der Waals surface area contributed by atoms with Gasteiger partial charge in [0.2, 0.25) is 0 Å². The number of anilines is 1. The van der Waals surface area contributed by atoms with Crippen LogP contribution in [0.4, 0.5) is 5.69 Å². The normalized spacial score (nSPS) is 11.8. The Balaban J connectivity index is 3.12. The predicted octanol–water partition coefficient (Wildman–Crippen LogP) is 2.20. The number of nitrogen functional groups attached to an aromatic ring is 1. The zero-order chi connectivity index (χ0) is 12.3. The van der Waals surface area contributed by atoms with E-state index < -0.39 is 0 Å². The van der Waals surface area contributed by atoms with Crippen LogP contribution in [-0.4, -0.2) is 16.8 Å². The summed E-state index contributed by atoms with van der Waals surface area (Å²) in [5, 5.41) is 18.7. The number of phenolic OH excluding ortho intramolecular Hbond substituents is 1. The summed E-state index contributed by atoms with van der Waals surface area (Å²) in [5.41, 5.74) is 7.99. The van der Waals surface area contributed by atoms with Crippen LogP contribution in [0.25, 0.3) is 0 Å². The van der Waals surface area contributed by atoms with Crippen molar-refractivity contribution in [2.24, 2.45) is 0 Å². The molecule has 0 saturated heterocycles. The number of phenols is 1. The molecule has 0 bridgehead atoms. The summed E-state index contributed by atoms with van der Waals surface area (Å²) in [6.45, 7) is 6.29. The third-order valence-corrected chi connectivity index (χ3v) is 2.63. The lowest BCUT2D eigenvalue weighted by Gasteiger charge is -2.22. The van der Waals surface area contributed by atoms with Crippen molar-refractivity contribution in [2.75, 3.05) is 12.3 Å². The Bertz CT molecular complexity index is 367. The number of nitrogens with two attached hydrogens (primary N) is 1. The quantitative estimate of drug-likeness (QED) is 0.543. The molecule has 0 heterocycles. The number of aromatic hydroxyl groups is 1. The number of aliphatic hydroxyl groups is 1. The van der Waals surface area contributed by atoms with E-state index in [2.05, 4.69) is 0 Å². The van der Waals surface area contributed by atoms with Gasteiger partial charge >= 0.3 is 0 Å². The fourth-order valence-electron chi connectivity index (χ4n) is 1.72. The molecule has 0 aliphatic heterocycles. The van der Waals surface area contributed by atoms with E-state index in [1.807, 2.05) is 26.8 Å². The van der Waals surface area contributed by atoms with Crippen LogP contribution in [0.3, 0.4) is 0 Å². The van der Waals surface area contributed by atoms with Crippen molar-refractivity contribution in [3.8, 4) is 5.75 Å². The number of benzene rings is 1. The maximum absolute atomic E-state index is 9.91. The van der Waals surface area contributed by atoms with Crippen molar-refractivity contribution < 1.29 is 10.2 Å². The summed E-state index contributed by atoms with van der Waals surface area (Å²) < 4.78 is 0. The third kappa shape index (κ3) is 2.89. The Morgan fingerprint density at radius 1 is 1.25 bits per heavy atom. The van der Waals surface area contributed by atoms with E-state index in [4.69, 9.17) is 10.8 Å². The van der Waals surface area contributed by atoms with E-state index in [-0.39, 0.29) is 17.8 Å². The van der Waals surface area contributed by atoms with Gasteiger partial charge in [0, 0.05) is 12.2 Å². The van der Waals surface area contributed by atoms with Gasteiger partial charge in [0.25, 0.3) is 0 Å². The van der Waals surface area contributed by atoms with Crippen LogP contribution in [0.2, 0.25) is 0 Å². The number of hydrogen-bond acceptors (Lipinski definition) is 3. The van der Waals surface area contributed by atoms with Gasteiger partial charge in [0.15, 0.2) is 0 Å². The van der Waals surface area contributed by atoms with Crippen LogP contribution in [0.1, 0.15) is 38.3 Å². The van der Waals surface area contributed by atoms with Gasteiger partial charge in [-0.15, -0.1) is 0 Å². The van der Waals surface area contributed by atoms with E-state index in [0.717, 1.165) is 17.5 Å². The van der Waals surface area contributed by atoms with Gasteiger partial charge in [-0.2, -0.15) is 0 Å². The summed E-state index contributed by atoms with van der Waals surface area (Å²) in [6, 6.07) is 3.75. The van der Waals surface area contributed by atoms with Crippen LogP contribution >= 0.6 is 0 Å². The molecule has 16 heavy (non-hydrogen) atoms. The van der Waals surface area contributed by atoms with Crippen LogP contribution in [0, 0.1) is 0 Å². The summed E-state index contributed by atoms with van der Waals surface area (Å²) in [5.74, 6) is 0.181. The highest BCUT2D eigenvalue weighted by atomic mass is 16.3. The highest BCUT2D eigenvalue weighted by Crippen LogP contribution is 2.35. The van der Waals surface area contributed by atoms with Crippen molar-refractivity contribution in [2.45, 2.75) is 39.0 Å². The van der Waals surface area contributed by atoms with E-state index in [1.54, 1.807) is 6.07 Å². The van der Waals surface area contributed by atoms with Gasteiger partial charge in [-0.1, -0.05) is 26.8 Å². The lowest BCUT2D eigenvalue weighted by molar-refractivity contribution is 0.288. The standard InChI is InChI=1S/C13H21NO2/c1-13(2,3)10-7-9(5-4-6-15)8-11(14)12(10)16/h7-8,15-16H,4-6,14H2,1-3H3. The molecule has 0 atom stereocenters. The number of hydrogen-bond donors (Lipinski definition) is 3. The highest BCUT2D eigenvalue weighted by Gasteiger charge is 2.20. The molecule has 0 aliphatic carbocycles. The molecule has 0 spiro atoms. The van der Waals surface area contributed by atoms with E-state index >= 15 is 0 Å². The molecule has 1 aromatic carbocycles. The lowest BCUT2D eigenvalue weighted by atomic mass is 9.84. The molecule has 1 aromatic rings. The van der Waals surface area contributed by atoms with E-state index in [1.165, 1.54) is 0 Å². The number of rotatable bonds is 3. The minimum absolute atomic E-state index is 0.132. The smallest absolute Gasteiger partial charge is 0.142 e. The minimum atomic E-state index is -0.132. The van der Waals surface area contributed by atoms with Gasteiger partial charge in [-0.3, -0.25) is 0 Å². The van der Waals surface area contributed by atoms with Crippen molar-refractivity contribution >= 4 is 5.69 Å². The molecule has 3 heteroatoms. The largest absolute Gasteiger partial charge is 0.505 e. The summed E-state index contributed by atoms with van der Waals surface area (Å²) in [7, 11) is 0. The molecule has 1 rings (SSSR count). The Hall–Kier alpha value is -1.22. The van der Waals surface area contributed by atoms with Gasteiger partial charge in [-0.25, -0.2) is 0 Å². The van der Waals surface area contributed by atoms with Crippen LogP contribution in [0.5, 0.6) is 5.75 Å². The molecular weight excluding hydrogens is 202 g/mol. The first-order valence-corrected chi connectivity index (χ1v) is 5.59. The van der Waals surface area contributed by atoms with Crippen molar-refractivity contribution in [3.05, 3.63) is 23.3 Å². The maximum Gasteiger partial charge on any atom is 0.142 e. The fraction of sp³-hybridized carbons (Fsp3) is 0.538. The molecule has 0 aromatic heterocycles. The molecule has 4 N–H and O–H groups in total. The van der Waals surface area contributed by atoms with E-state index in [9.17, 15) is 5.11 Å². The predicted molar refractivity (Wildman–Crippen MR) is 66.6 cm³/mol. The van der Waals surface area contributed by atoms with Crippen molar-refractivity contribution in [1.82, 2.24) is 0 Å². The molecule has 0 saturated carbocycles. The van der Waals surface area contributed by atoms with Crippen molar-refractivity contribution in [1.29, 1.82) is 0 Å². The van der Waals surface area contributed by atoms with Crippen LogP contribution < -0.4 is 5.73 Å². The lowest BCUT2D eigenvalue weighted by Crippen LogP contribution is -2.13. The van der Waals surface area contributed by atoms with E-state index in [0.29, 0.717) is 12.1 Å². The zero-order valence-electron chi connectivity index (χ0n) is 10.2. The highest BCUT2D eigenvalue weighted by molar-refractivity contribution is 5.59. The van der Waals surface area contributed by atoms with Crippen molar-refractivity contribution in [3.63, 3.8) is 0 Å². The van der Waals surface area contributed by atoms with Crippen LogP contribution in [-0.2, 0) is 11.8 Å². The van der Waals surface area contributed by atoms with Gasteiger partial charge in [-0.05, 0) is 29.9 Å². The molecule has 90 valence electrons. The maximum atomic E-state index is 9.91. The molecule has 0 unspecified atom stereocenters. The second-order valence-corrected chi connectivity index (χ2v) is 5.16.